The van der Waals surface area contributed by atoms with Crippen molar-refractivity contribution in [2.45, 2.75) is 4.90 Å². The third kappa shape index (κ3) is 3.10. The van der Waals surface area contributed by atoms with Gasteiger partial charge in [0.2, 0.25) is 16.0 Å². The molecule has 0 bridgehead atoms. The van der Waals surface area contributed by atoms with Crippen molar-refractivity contribution in [2.75, 3.05) is 5.32 Å². The van der Waals surface area contributed by atoms with Crippen LogP contribution in [-0.4, -0.2) is 28.6 Å². The van der Waals surface area contributed by atoms with Crippen LogP contribution in [0.15, 0.2) is 53.8 Å². The van der Waals surface area contributed by atoms with Crippen LogP contribution in [-0.2, 0) is 10.0 Å². The quantitative estimate of drug-likeness (QED) is 0.665. The second-order valence-corrected chi connectivity index (χ2v) is 6.01. The van der Waals surface area contributed by atoms with Crippen LogP contribution < -0.4 is 10.5 Å². The van der Waals surface area contributed by atoms with Gasteiger partial charge in [0.25, 0.3) is 0 Å². The zero-order valence-electron chi connectivity index (χ0n) is 11.3. The molecule has 0 aliphatic rings. The first-order chi connectivity index (χ1) is 10.5. The molecule has 9 heteroatoms. The molecular weight excluding hydrogens is 304 g/mol. The average Bonchev–Trinajstić information content (AvgIpc) is 3.01. The normalized spacial score (nSPS) is 11.3. The number of aromatic amines is 1. The van der Waals surface area contributed by atoms with Gasteiger partial charge >= 0.3 is 0 Å². The predicted molar refractivity (Wildman–Crippen MR) is 80.7 cm³/mol. The number of nitrogens with zero attached hydrogens (tertiary/aromatic N) is 3. The number of benzene rings is 1. The molecule has 0 atom stereocenters. The van der Waals surface area contributed by atoms with Gasteiger partial charge in [-0.3, -0.25) is 5.10 Å². The van der Waals surface area contributed by atoms with E-state index < -0.39 is 10.0 Å². The summed E-state index contributed by atoms with van der Waals surface area (Å²) < 4.78 is 22.4. The molecule has 112 valence electrons. The van der Waals surface area contributed by atoms with Crippen molar-refractivity contribution in [3.63, 3.8) is 0 Å². The smallest absolute Gasteiger partial charge is 0.238 e. The maximum atomic E-state index is 11.2. The Morgan fingerprint density at radius 3 is 2.55 bits per heavy atom. The zero-order chi connectivity index (χ0) is 15.6. The van der Waals surface area contributed by atoms with Crippen molar-refractivity contribution in [1.82, 2.24) is 20.2 Å². The summed E-state index contributed by atoms with van der Waals surface area (Å²) in [7, 11) is -3.70. The van der Waals surface area contributed by atoms with Crippen molar-refractivity contribution in [2.24, 2.45) is 5.14 Å². The predicted octanol–water partition coefficient (Wildman–Crippen LogP) is 1.26. The summed E-state index contributed by atoms with van der Waals surface area (Å²) in [4.78, 5) is 8.52. The number of nitrogens with two attached hydrogens (primary N) is 1. The summed E-state index contributed by atoms with van der Waals surface area (Å²) >= 11 is 0. The highest BCUT2D eigenvalue weighted by molar-refractivity contribution is 7.89. The van der Waals surface area contributed by atoms with Crippen LogP contribution in [0.3, 0.4) is 0 Å². The number of rotatable bonds is 4. The Kier molecular flexibility index (Phi) is 3.57. The molecule has 0 radical (unpaired) electrons. The molecule has 2 aromatic heterocycles. The van der Waals surface area contributed by atoms with Gasteiger partial charge in [-0.05, 0) is 30.3 Å². The van der Waals surface area contributed by atoms with Gasteiger partial charge in [-0.2, -0.15) is 5.10 Å². The molecule has 0 aliphatic carbocycles. The highest BCUT2D eigenvalue weighted by Crippen LogP contribution is 2.19. The summed E-state index contributed by atoms with van der Waals surface area (Å²) in [6.45, 7) is 0. The highest BCUT2D eigenvalue weighted by atomic mass is 32.2. The van der Waals surface area contributed by atoms with Crippen LogP contribution in [0, 0.1) is 0 Å². The van der Waals surface area contributed by atoms with E-state index in [-0.39, 0.29) is 4.90 Å². The minimum atomic E-state index is -3.70. The number of primary sulfonamides is 1. The van der Waals surface area contributed by atoms with E-state index in [1.54, 1.807) is 36.8 Å². The summed E-state index contributed by atoms with van der Waals surface area (Å²) in [5, 5.41) is 14.6. The molecule has 0 saturated carbocycles. The standard InChI is InChI=1S/C13H12N6O2S/c14-22(20,21)11-3-1-10(2-4-11)18-13-15-6-5-12(19-13)9-7-16-17-8-9/h1-8H,(H,16,17)(H2,14,20,21)(H,15,18,19). The second-order valence-electron chi connectivity index (χ2n) is 4.45. The van der Waals surface area contributed by atoms with Crippen LogP contribution >= 0.6 is 0 Å². The fourth-order valence-electron chi connectivity index (χ4n) is 1.83. The lowest BCUT2D eigenvalue weighted by Crippen LogP contribution is -2.11. The van der Waals surface area contributed by atoms with Crippen molar-refractivity contribution in [3.8, 4) is 11.3 Å². The third-order valence-corrected chi connectivity index (χ3v) is 3.82. The molecule has 0 saturated heterocycles. The number of hydrogen-bond donors (Lipinski definition) is 3. The minimum Gasteiger partial charge on any atom is -0.324 e. The van der Waals surface area contributed by atoms with Crippen molar-refractivity contribution < 1.29 is 8.42 Å². The van der Waals surface area contributed by atoms with Crippen LogP contribution in [0.1, 0.15) is 0 Å². The fourth-order valence-corrected chi connectivity index (χ4v) is 2.34. The Labute approximate surface area is 126 Å². The van der Waals surface area contributed by atoms with Gasteiger partial charge in [-0.15, -0.1) is 0 Å². The molecule has 3 aromatic rings. The lowest BCUT2D eigenvalue weighted by Gasteiger charge is -2.06. The van der Waals surface area contributed by atoms with Crippen LogP contribution in [0.5, 0.6) is 0 Å². The van der Waals surface area contributed by atoms with E-state index in [0.29, 0.717) is 17.3 Å². The number of H-pyrrole nitrogens is 1. The van der Waals surface area contributed by atoms with Gasteiger partial charge in [0.15, 0.2) is 0 Å². The van der Waals surface area contributed by atoms with E-state index in [0.717, 1.165) is 5.56 Å². The van der Waals surface area contributed by atoms with E-state index in [2.05, 4.69) is 25.5 Å². The summed E-state index contributed by atoms with van der Waals surface area (Å²) in [5.41, 5.74) is 2.21. The SMILES string of the molecule is NS(=O)(=O)c1ccc(Nc2nccc(-c3cn[nH]c3)n2)cc1. The molecule has 4 N–H and O–H groups in total. The van der Waals surface area contributed by atoms with Gasteiger partial charge in [0, 0.05) is 23.6 Å². The van der Waals surface area contributed by atoms with Gasteiger partial charge in [-0.25, -0.2) is 23.5 Å². The van der Waals surface area contributed by atoms with E-state index in [4.69, 9.17) is 5.14 Å². The van der Waals surface area contributed by atoms with Gasteiger partial charge in [0.05, 0.1) is 16.8 Å². The van der Waals surface area contributed by atoms with Crippen LogP contribution in [0.4, 0.5) is 11.6 Å². The molecule has 0 fully saturated rings. The maximum Gasteiger partial charge on any atom is 0.238 e. The molecule has 1 aromatic carbocycles. The second kappa shape index (κ2) is 5.54. The number of hydrogen-bond acceptors (Lipinski definition) is 6. The van der Waals surface area contributed by atoms with Gasteiger partial charge in [-0.1, -0.05) is 0 Å². The molecule has 0 spiro atoms. The van der Waals surface area contributed by atoms with Gasteiger partial charge < -0.3 is 5.32 Å². The van der Waals surface area contributed by atoms with E-state index >= 15 is 0 Å². The molecular formula is C13H12N6O2S. The van der Waals surface area contributed by atoms with Crippen LogP contribution in [0.25, 0.3) is 11.3 Å². The van der Waals surface area contributed by atoms with Crippen molar-refractivity contribution in [1.29, 1.82) is 0 Å². The zero-order valence-corrected chi connectivity index (χ0v) is 12.1. The first kappa shape index (κ1) is 14.2. The Morgan fingerprint density at radius 1 is 1.14 bits per heavy atom. The first-order valence-corrected chi connectivity index (χ1v) is 7.79. The molecule has 3 rings (SSSR count). The fraction of sp³-hybridized carbons (Fsp3) is 0. The summed E-state index contributed by atoms with van der Waals surface area (Å²) in [5.74, 6) is 0.391. The Morgan fingerprint density at radius 2 is 1.91 bits per heavy atom. The monoisotopic (exact) mass is 316 g/mol. The largest absolute Gasteiger partial charge is 0.324 e. The van der Waals surface area contributed by atoms with Gasteiger partial charge in [0.1, 0.15) is 0 Å². The van der Waals surface area contributed by atoms with Crippen molar-refractivity contribution >= 4 is 21.7 Å². The molecule has 0 aliphatic heterocycles. The van der Waals surface area contributed by atoms with Crippen LogP contribution in [0.2, 0.25) is 0 Å². The van der Waals surface area contributed by atoms with E-state index in [1.165, 1.54) is 12.1 Å². The van der Waals surface area contributed by atoms with Crippen molar-refractivity contribution in [3.05, 3.63) is 48.9 Å². The molecule has 22 heavy (non-hydrogen) atoms. The first-order valence-electron chi connectivity index (χ1n) is 6.24. The number of sulfonamides is 1. The maximum absolute atomic E-state index is 11.2. The highest BCUT2D eigenvalue weighted by Gasteiger charge is 2.08. The third-order valence-electron chi connectivity index (χ3n) is 2.89. The molecule has 0 unspecified atom stereocenters. The molecule has 2 heterocycles. The van der Waals surface area contributed by atoms with E-state index in [9.17, 15) is 8.42 Å². The molecule has 8 nitrogen and oxygen atoms in total. The number of nitrogens with one attached hydrogen (secondary N) is 2. The topological polar surface area (TPSA) is 127 Å². The Bertz CT molecular complexity index is 875. The number of aromatic nitrogens is 4. The minimum absolute atomic E-state index is 0.0473. The molecule has 0 amide bonds. The Hall–Kier alpha value is -2.78. The summed E-state index contributed by atoms with van der Waals surface area (Å²) in [6.07, 6.45) is 5.01. The lowest BCUT2D eigenvalue weighted by atomic mass is 10.2. The number of anilines is 2. The Balaban J connectivity index is 1.83. The summed E-state index contributed by atoms with van der Waals surface area (Å²) in [6, 6.07) is 7.77. The van der Waals surface area contributed by atoms with E-state index in [1.807, 2.05) is 0 Å². The average molecular weight is 316 g/mol. The lowest BCUT2D eigenvalue weighted by molar-refractivity contribution is 0.598.